The highest BCUT2D eigenvalue weighted by Gasteiger charge is 2.16. The Bertz CT molecular complexity index is 671. The van der Waals surface area contributed by atoms with Crippen LogP contribution in [0.5, 0.6) is 5.75 Å². The van der Waals surface area contributed by atoms with E-state index in [1.807, 2.05) is 24.3 Å². The second-order valence-corrected chi connectivity index (χ2v) is 4.63. The maximum absolute atomic E-state index is 10.8. The summed E-state index contributed by atoms with van der Waals surface area (Å²) in [6.07, 6.45) is 0.511. The lowest BCUT2D eigenvalue weighted by Gasteiger charge is -2.13. The van der Waals surface area contributed by atoms with E-state index < -0.39 is 5.97 Å². The molecule has 1 unspecified atom stereocenters. The molecule has 0 aliphatic carbocycles. The predicted octanol–water partition coefficient (Wildman–Crippen LogP) is 3.24. The largest absolute Gasteiger partial charge is 0.496 e. The van der Waals surface area contributed by atoms with Gasteiger partial charge >= 0.3 is 5.97 Å². The first-order chi connectivity index (χ1) is 10.2. The molecular weight excluding hydrogens is 266 g/mol. The Morgan fingerprint density at radius 1 is 1.24 bits per heavy atom. The molecule has 2 aromatic carbocycles. The molecule has 1 atom stereocenters. The third kappa shape index (κ3) is 3.40. The van der Waals surface area contributed by atoms with Gasteiger partial charge in [-0.2, -0.15) is 5.26 Å². The minimum absolute atomic E-state index is 0.240. The van der Waals surface area contributed by atoms with Crippen LogP contribution < -0.4 is 4.74 Å². The monoisotopic (exact) mass is 281 g/mol. The van der Waals surface area contributed by atoms with Gasteiger partial charge in [-0.1, -0.05) is 30.3 Å². The van der Waals surface area contributed by atoms with Crippen LogP contribution in [0.1, 0.15) is 27.4 Å². The van der Waals surface area contributed by atoms with Crippen molar-refractivity contribution in [2.24, 2.45) is 0 Å². The Morgan fingerprint density at radius 2 is 1.90 bits per heavy atom. The van der Waals surface area contributed by atoms with Crippen molar-refractivity contribution in [2.75, 3.05) is 7.11 Å². The highest BCUT2D eigenvalue weighted by molar-refractivity contribution is 5.87. The highest BCUT2D eigenvalue weighted by Crippen LogP contribution is 2.28. The molecule has 2 rings (SSSR count). The standard InChI is InChI=1S/C17H15NO3/c1-21-16-5-3-2-4-15(16)14(11-18)10-12-6-8-13(9-7-12)17(19)20/h2-9,14H,10H2,1H3,(H,19,20). The molecule has 0 saturated carbocycles. The van der Waals surface area contributed by atoms with Crippen molar-refractivity contribution in [2.45, 2.75) is 12.3 Å². The SMILES string of the molecule is COc1ccccc1C(C#N)Cc1ccc(C(=O)O)cc1. The van der Waals surface area contributed by atoms with Crippen molar-refractivity contribution < 1.29 is 14.6 Å². The predicted molar refractivity (Wildman–Crippen MR) is 78.5 cm³/mol. The zero-order valence-corrected chi connectivity index (χ0v) is 11.6. The molecule has 0 bridgehead atoms. The zero-order valence-electron chi connectivity index (χ0n) is 11.6. The number of nitriles is 1. The van der Waals surface area contributed by atoms with E-state index in [1.165, 1.54) is 0 Å². The molecule has 0 heterocycles. The molecule has 2 aromatic rings. The normalized spacial score (nSPS) is 11.4. The number of rotatable bonds is 5. The Labute approximate surface area is 123 Å². The topological polar surface area (TPSA) is 70.3 Å². The van der Waals surface area contributed by atoms with Crippen LogP contribution in [-0.4, -0.2) is 18.2 Å². The molecule has 21 heavy (non-hydrogen) atoms. The van der Waals surface area contributed by atoms with Crippen LogP contribution in [0.3, 0.4) is 0 Å². The van der Waals surface area contributed by atoms with Crippen LogP contribution in [-0.2, 0) is 6.42 Å². The third-order valence-electron chi connectivity index (χ3n) is 3.31. The molecule has 0 aromatic heterocycles. The van der Waals surface area contributed by atoms with Gasteiger partial charge in [0.1, 0.15) is 5.75 Å². The van der Waals surface area contributed by atoms with E-state index in [0.717, 1.165) is 11.1 Å². The molecule has 1 N–H and O–H groups in total. The fourth-order valence-electron chi connectivity index (χ4n) is 2.20. The lowest BCUT2D eigenvalue weighted by Crippen LogP contribution is -2.03. The van der Waals surface area contributed by atoms with Gasteiger partial charge in [0.25, 0.3) is 0 Å². The van der Waals surface area contributed by atoms with E-state index in [0.29, 0.717) is 12.2 Å². The number of hydrogen-bond acceptors (Lipinski definition) is 3. The van der Waals surface area contributed by atoms with Gasteiger partial charge in [-0.3, -0.25) is 0 Å². The van der Waals surface area contributed by atoms with Crippen molar-refractivity contribution in [1.29, 1.82) is 5.26 Å². The van der Waals surface area contributed by atoms with Crippen LogP contribution >= 0.6 is 0 Å². The van der Waals surface area contributed by atoms with Gasteiger partial charge in [0.15, 0.2) is 0 Å². The van der Waals surface area contributed by atoms with E-state index >= 15 is 0 Å². The molecule has 0 aliphatic heterocycles. The summed E-state index contributed by atoms with van der Waals surface area (Å²) in [7, 11) is 1.58. The lowest BCUT2D eigenvalue weighted by molar-refractivity contribution is 0.0697. The molecular formula is C17H15NO3. The first kappa shape index (κ1) is 14.6. The number of para-hydroxylation sites is 1. The molecule has 0 radical (unpaired) electrons. The van der Waals surface area contributed by atoms with E-state index in [-0.39, 0.29) is 11.5 Å². The summed E-state index contributed by atoms with van der Waals surface area (Å²) in [5.41, 5.74) is 1.99. The summed E-state index contributed by atoms with van der Waals surface area (Å²) in [5.74, 6) is -0.605. The number of carboxylic acid groups (broad SMARTS) is 1. The number of carbonyl (C=O) groups is 1. The molecule has 0 aliphatic rings. The summed E-state index contributed by atoms with van der Waals surface area (Å²) in [6.45, 7) is 0. The molecule has 0 fully saturated rings. The summed E-state index contributed by atoms with van der Waals surface area (Å²) in [5, 5.41) is 18.3. The van der Waals surface area contributed by atoms with Crippen LogP contribution in [0.25, 0.3) is 0 Å². The second-order valence-electron chi connectivity index (χ2n) is 4.63. The minimum Gasteiger partial charge on any atom is -0.496 e. The van der Waals surface area contributed by atoms with Crippen LogP contribution in [0.15, 0.2) is 48.5 Å². The first-order valence-electron chi connectivity index (χ1n) is 6.50. The average Bonchev–Trinajstić information content (AvgIpc) is 2.53. The maximum Gasteiger partial charge on any atom is 0.335 e. The molecule has 106 valence electrons. The number of ether oxygens (including phenoxy) is 1. The maximum atomic E-state index is 10.8. The van der Waals surface area contributed by atoms with Gasteiger partial charge in [0.05, 0.1) is 24.7 Å². The third-order valence-corrected chi connectivity index (χ3v) is 3.31. The van der Waals surface area contributed by atoms with Gasteiger partial charge in [-0.05, 0) is 30.2 Å². The summed E-state index contributed by atoms with van der Waals surface area (Å²) >= 11 is 0. The Hall–Kier alpha value is -2.80. The van der Waals surface area contributed by atoms with E-state index in [9.17, 15) is 10.1 Å². The van der Waals surface area contributed by atoms with Gasteiger partial charge in [0.2, 0.25) is 0 Å². The molecule has 0 amide bonds. The van der Waals surface area contributed by atoms with Gasteiger partial charge in [-0.25, -0.2) is 4.79 Å². The zero-order chi connectivity index (χ0) is 15.2. The summed E-state index contributed by atoms with van der Waals surface area (Å²) in [6, 6.07) is 16.3. The second kappa shape index (κ2) is 6.58. The number of nitrogens with zero attached hydrogens (tertiary/aromatic N) is 1. The van der Waals surface area contributed by atoms with Crippen molar-refractivity contribution in [3.63, 3.8) is 0 Å². The molecule has 4 heteroatoms. The van der Waals surface area contributed by atoms with Gasteiger partial charge < -0.3 is 9.84 Å². The van der Waals surface area contributed by atoms with Crippen LogP contribution in [0, 0.1) is 11.3 Å². The number of benzene rings is 2. The molecule has 0 saturated heterocycles. The van der Waals surface area contributed by atoms with Gasteiger partial charge in [0, 0.05) is 5.56 Å². The van der Waals surface area contributed by atoms with Gasteiger partial charge in [-0.15, -0.1) is 0 Å². The van der Waals surface area contributed by atoms with Crippen molar-refractivity contribution in [3.8, 4) is 11.8 Å². The number of methoxy groups -OCH3 is 1. The fraction of sp³-hybridized carbons (Fsp3) is 0.176. The molecule has 4 nitrogen and oxygen atoms in total. The first-order valence-corrected chi connectivity index (χ1v) is 6.50. The van der Waals surface area contributed by atoms with Crippen molar-refractivity contribution in [3.05, 3.63) is 65.2 Å². The Morgan fingerprint density at radius 3 is 2.48 bits per heavy atom. The van der Waals surface area contributed by atoms with E-state index in [1.54, 1.807) is 31.4 Å². The summed E-state index contributed by atoms with van der Waals surface area (Å²) < 4.78 is 5.29. The lowest BCUT2D eigenvalue weighted by atomic mass is 9.92. The van der Waals surface area contributed by atoms with Crippen LogP contribution in [0.2, 0.25) is 0 Å². The summed E-state index contributed by atoms with van der Waals surface area (Å²) in [4.78, 5) is 10.8. The number of hydrogen-bond donors (Lipinski definition) is 1. The van der Waals surface area contributed by atoms with E-state index in [4.69, 9.17) is 9.84 Å². The highest BCUT2D eigenvalue weighted by atomic mass is 16.5. The Kier molecular flexibility index (Phi) is 4.57. The Balaban J connectivity index is 2.23. The van der Waals surface area contributed by atoms with Crippen molar-refractivity contribution in [1.82, 2.24) is 0 Å². The fourth-order valence-corrected chi connectivity index (χ4v) is 2.20. The quantitative estimate of drug-likeness (QED) is 0.913. The number of carboxylic acids is 1. The minimum atomic E-state index is -0.955. The number of aromatic carboxylic acids is 1. The van der Waals surface area contributed by atoms with E-state index in [2.05, 4.69) is 6.07 Å². The van der Waals surface area contributed by atoms with Crippen molar-refractivity contribution >= 4 is 5.97 Å². The average molecular weight is 281 g/mol. The smallest absolute Gasteiger partial charge is 0.335 e. The molecule has 0 spiro atoms. The van der Waals surface area contributed by atoms with Crippen LogP contribution in [0.4, 0.5) is 0 Å².